The average molecular weight is 107 g/mol. The lowest BCUT2D eigenvalue weighted by Gasteiger charge is -2.13. The van der Waals surface area contributed by atoms with Crippen molar-refractivity contribution < 1.29 is 19.9 Å². The van der Waals surface area contributed by atoms with Crippen LogP contribution < -0.4 is 5.73 Å². The summed E-state index contributed by atoms with van der Waals surface area (Å²) in [5.41, 5.74) is 5.08. The Morgan fingerprint density at radius 2 is 2.29 bits per heavy atom. The predicted octanol–water partition coefficient (Wildman–Crippen LogP) is -0.904. The highest BCUT2D eigenvalue weighted by Gasteiger charge is 2.10. The molecule has 1 fully saturated rings. The summed E-state index contributed by atoms with van der Waals surface area (Å²) in [4.78, 5) is 8.42. The molecule has 0 aromatic carbocycles. The normalized spacial score (nSPS) is 33.0. The van der Waals surface area contributed by atoms with Gasteiger partial charge in [-0.25, -0.2) is 0 Å². The molecule has 42 valence electrons. The van der Waals surface area contributed by atoms with Crippen LogP contribution in [-0.4, -0.2) is 12.8 Å². The van der Waals surface area contributed by atoms with Crippen LogP contribution in [-0.2, 0) is 19.9 Å². The molecule has 0 aromatic heterocycles. The van der Waals surface area contributed by atoms with Gasteiger partial charge in [0.2, 0.25) is 0 Å². The fourth-order valence-electron chi connectivity index (χ4n) is 0.209. The van der Waals surface area contributed by atoms with Crippen LogP contribution in [0.25, 0.3) is 0 Å². The molecule has 0 aliphatic carbocycles. The molecule has 1 aliphatic rings. The monoisotopic (exact) mass is 107 g/mol. The predicted molar refractivity (Wildman–Crippen MR) is 17.2 cm³/mol. The molecule has 0 spiro atoms. The van der Waals surface area contributed by atoms with Crippen LogP contribution >= 0.6 is 0 Å². The van der Waals surface area contributed by atoms with E-state index in [-0.39, 0.29) is 6.61 Å². The zero-order chi connectivity index (χ0) is 5.11. The largest absolute Gasteiger partial charge is 0.301 e. The molecule has 7 heavy (non-hydrogen) atoms. The maximum Gasteiger partial charge on any atom is 0.171 e. The Labute approximate surface area is 39.7 Å². The number of rotatable bonds is 0. The molecule has 1 aliphatic heterocycles. The maximum atomic E-state index is 5.08. The first kappa shape index (κ1) is 4.95. The highest BCUT2D eigenvalue weighted by atomic mass is 17.7. The van der Waals surface area contributed by atoms with Crippen LogP contribution in [0, 0.1) is 0 Å². The minimum Gasteiger partial charge on any atom is -0.301 e. The molecule has 1 atom stereocenters. The Bertz CT molecular complexity index is 51.7. The molecule has 0 radical (unpaired) electrons. The van der Waals surface area contributed by atoms with Crippen molar-refractivity contribution in [2.24, 2.45) is 5.73 Å². The zero-order valence-electron chi connectivity index (χ0n) is 3.49. The van der Waals surface area contributed by atoms with Crippen LogP contribution in [0.15, 0.2) is 0 Å². The van der Waals surface area contributed by atoms with E-state index < -0.39 is 6.23 Å². The van der Waals surface area contributed by atoms with Gasteiger partial charge >= 0.3 is 0 Å². The third-order valence-electron chi connectivity index (χ3n) is 0.471. The molecular formula is C2H5NO4. The fourth-order valence-corrected chi connectivity index (χ4v) is 0.209. The Hall–Kier alpha value is -0.200. The van der Waals surface area contributed by atoms with Crippen LogP contribution in [0.1, 0.15) is 0 Å². The SMILES string of the molecule is NC1COOOO1. The maximum absolute atomic E-state index is 5.08. The summed E-state index contributed by atoms with van der Waals surface area (Å²) >= 11 is 0. The van der Waals surface area contributed by atoms with Gasteiger partial charge < -0.3 is 5.73 Å². The van der Waals surface area contributed by atoms with E-state index in [2.05, 4.69) is 19.9 Å². The first-order chi connectivity index (χ1) is 3.39. The van der Waals surface area contributed by atoms with Crippen molar-refractivity contribution in [1.29, 1.82) is 0 Å². The smallest absolute Gasteiger partial charge is 0.171 e. The Morgan fingerprint density at radius 3 is 2.57 bits per heavy atom. The highest BCUT2D eigenvalue weighted by Crippen LogP contribution is 1.95. The molecule has 0 amide bonds. The molecule has 5 heteroatoms. The summed E-state index contributed by atoms with van der Waals surface area (Å²) < 4.78 is 0. The van der Waals surface area contributed by atoms with Gasteiger partial charge in [0.25, 0.3) is 0 Å². The number of hydrogen-bond donors (Lipinski definition) is 1. The summed E-state index contributed by atoms with van der Waals surface area (Å²) in [5, 5.41) is 7.67. The van der Waals surface area contributed by atoms with Gasteiger partial charge in [-0.05, 0) is 10.1 Å². The van der Waals surface area contributed by atoms with E-state index in [0.717, 1.165) is 0 Å². The summed E-state index contributed by atoms with van der Waals surface area (Å²) in [7, 11) is 0. The lowest BCUT2D eigenvalue weighted by atomic mass is 10.7. The lowest BCUT2D eigenvalue weighted by Crippen LogP contribution is -2.33. The lowest BCUT2D eigenvalue weighted by molar-refractivity contribution is -0.675. The van der Waals surface area contributed by atoms with E-state index in [1.807, 2.05) is 0 Å². The molecule has 0 bridgehead atoms. The molecule has 1 unspecified atom stereocenters. The van der Waals surface area contributed by atoms with E-state index >= 15 is 0 Å². The van der Waals surface area contributed by atoms with Gasteiger partial charge in [0.1, 0.15) is 6.61 Å². The van der Waals surface area contributed by atoms with Gasteiger partial charge in [0.15, 0.2) is 6.23 Å². The van der Waals surface area contributed by atoms with Gasteiger partial charge in [-0.3, -0.25) is 0 Å². The third kappa shape index (κ3) is 1.38. The molecule has 0 saturated carbocycles. The van der Waals surface area contributed by atoms with Crippen LogP contribution in [0.5, 0.6) is 0 Å². The quantitative estimate of drug-likeness (QED) is 0.406. The molecule has 2 N–H and O–H groups in total. The summed E-state index contributed by atoms with van der Waals surface area (Å²) in [5.74, 6) is 0. The van der Waals surface area contributed by atoms with Crippen LogP contribution in [0.2, 0.25) is 0 Å². The van der Waals surface area contributed by atoms with Gasteiger partial charge in [-0.1, -0.05) is 0 Å². The minimum absolute atomic E-state index is 0.194. The second-order valence-corrected chi connectivity index (χ2v) is 1.06. The van der Waals surface area contributed by atoms with Gasteiger partial charge in [0, 0.05) is 0 Å². The standard InChI is InChI=1S/C2H5NO4/c3-2-1-4-6-7-5-2/h2H,1,3H2. The molecule has 1 rings (SSSR count). The van der Waals surface area contributed by atoms with Crippen molar-refractivity contribution in [3.8, 4) is 0 Å². The van der Waals surface area contributed by atoms with Crippen molar-refractivity contribution in [3.63, 3.8) is 0 Å². The van der Waals surface area contributed by atoms with Gasteiger partial charge in [-0.2, -0.15) is 9.78 Å². The van der Waals surface area contributed by atoms with E-state index in [1.54, 1.807) is 0 Å². The van der Waals surface area contributed by atoms with E-state index in [9.17, 15) is 0 Å². The van der Waals surface area contributed by atoms with Crippen LogP contribution in [0.4, 0.5) is 0 Å². The third-order valence-corrected chi connectivity index (χ3v) is 0.471. The Kier molecular flexibility index (Phi) is 1.55. The van der Waals surface area contributed by atoms with Crippen LogP contribution in [0.3, 0.4) is 0 Å². The molecule has 0 aromatic rings. The number of hydrogen-bond acceptors (Lipinski definition) is 5. The van der Waals surface area contributed by atoms with Gasteiger partial charge in [0.05, 0.1) is 0 Å². The van der Waals surface area contributed by atoms with Crippen molar-refractivity contribution in [1.82, 2.24) is 0 Å². The second-order valence-electron chi connectivity index (χ2n) is 1.06. The van der Waals surface area contributed by atoms with E-state index in [0.29, 0.717) is 0 Å². The van der Waals surface area contributed by atoms with E-state index in [4.69, 9.17) is 5.73 Å². The van der Waals surface area contributed by atoms with Crippen molar-refractivity contribution >= 4 is 0 Å². The zero-order valence-corrected chi connectivity index (χ0v) is 3.49. The molecular weight excluding hydrogens is 102 g/mol. The summed E-state index contributed by atoms with van der Waals surface area (Å²) in [6.07, 6.45) is -0.534. The van der Waals surface area contributed by atoms with Gasteiger partial charge in [-0.15, -0.1) is 0 Å². The average Bonchev–Trinajstić information content (AvgIpc) is 1.69. The summed E-state index contributed by atoms with van der Waals surface area (Å²) in [6, 6.07) is 0. The van der Waals surface area contributed by atoms with E-state index in [1.165, 1.54) is 0 Å². The summed E-state index contributed by atoms with van der Waals surface area (Å²) in [6.45, 7) is 0.194. The molecule has 1 saturated heterocycles. The first-order valence-electron chi connectivity index (χ1n) is 1.77. The Balaban J connectivity index is 2.12. The molecule has 1 heterocycles. The first-order valence-corrected chi connectivity index (χ1v) is 1.77. The second kappa shape index (κ2) is 2.20. The fraction of sp³-hybridized carbons (Fsp3) is 1.00. The van der Waals surface area contributed by atoms with Crippen molar-refractivity contribution in [2.45, 2.75) is 6.23 Å². The Morgan fingerprint density at radius 1 is 1.43 bits per heavy atom. The van der Waals surface area contributed by atoms with Crippen molar-refractivity contribution in [2.75, 3.05) is 6.61 Å². The topological polar surface area (TPSA) is 62.9 Å². The highest BCUT2D eigenvalue weighted by molar-refractivity contribution is 4.36. The number of nitrogens with two attached hydrogens (primary N) is 1. The molecule has 5 nitrogen and oxygen atoms in total. The van der Waals surface area contributed by atoms with Crippen molar-refractivity contribution in [3.05, 3.63) is 0 Å². The minimum atomic E-state index is -0.534.